The number of esters is 1. The minimum atomic E-state index is -2.20. The number of allylic oxidation sites excluding steroid dienone is 1. The molecule has 1 aromatic heterocycles. The topological polar surface area (TPSA) is 147 Å². The first-order valence-electron chi connectivity index (χ1n) is 9.05. The highest BCUT2D eigenvalue weighted by atomic mass is 31.1. The molecular weight excluding hydrogens is 403 g/mol. The summed E-state index contributed by atoms with van der Waals surface area (Å²) >= 11 is 0. The molecule has 156 valence electrons. The van der Waals surface area contributed by atoms with Gasteiger partial charge in [0.25, 0.3) is 0 Å². The molecule has 29 heavy (non-hydrogen) atoms. The van der Waals surface area contributed by atoms with Gasteiger partial charge in [0.1, 0.15) is 5.76 Å². The Morgan fingerprint density at radius 3 is 2.90 bits per heavy atom. The summed E-state index contributed by atoms with van der Waals surface area (Å²) < 4.78 is 26.7. The Labute approximate surface area is 166 Å². The van der Waals surface area contributed by atoms with Gasteiger partial charge in [0.05, 0.1) is 23.3 Å². The number of fused-ring (bicyclic) bond motifs is 1. The molecule has 1 aliphatic rings. The van der Waals surface area contributed by atoms with Gasteiger partial charge in [0.15, 0.2) is 5.52 Å². The second-order valence-electron chi connectivity index (χ2n) is 6.59. The summed E-state index contributed by atoms with van der Waals surface area (Å²) in [6.45, 7) is 2.16. The zero-order valence-electron chi connectivity index (χ0n) is 16.0. The molecule has 12 heteroatoms. The van der Waals surface area contributed by atoms with Crippen LogP contribution in [0.1, 0.15) is 26.2 Å². The number of ether oxygens (including phenoxy) is 1. The van der Waals surface area contributed by atoms with Crippen molar-refractivity contribution in [2.24, 2.45) is 5.92 Å². The number of aromatic nitrogens is 2. The lowest BCUT2D eigenvalue weighted by molar-refractivity contribution is -0.383. The number of nitro groups is 1. The van der Waals surface area contributed by atoms with Gasteiger partial charge in [-0.15, -0.1) is 0 Å². The second-order valence-corrected chi connectivity index (χ2v) is 8.04. The second kappa shape index (κ2) is 9.04. The Hall–Kier alpha value is -2.94. The molecule has 0 spiro atoms. The molecule has 0 saturated heterocycles. The standard InChI is InChI=1S/C17H21N4O7P/c1-10-14(17(22)26-2)11(7-9-29(25)27-10)4-3-8-18-12-5-6-13(21(23)24)16-15(12)19-28-20-16/h5-6,11,18,29H,3-4,7-9H2,1-2H3. The first-order chi connectivity index (χ1) is 13.9. The SMILES string of the molecule is COC(=O)C1=C(C)O[PH](=O)CCC1CCCNc1ccc([N+](=O)[O-])c2nonc12. The van der Waals surface area contributed by atoms with E-state index >= 15 is 0 Å². The Kier molecular flexibility index (Phi) is 6.48. The number of non-ortho nitro benzene ring substituents is 1. The van der Waals surface area contributed by atoms with Crippen molar-refractivity contribution in [3.05, 3.63) is 33.6 Å². The highest BCUT2D eigenvalue weighted by molar-refractivity contribution is 7.39. The van der Waals surface area contributed by atoms with Crippen LogP contribution in [-0.4, -0.2) is 41.0 Å². The summed E-state index contributed by atoms with van der Waals surface area (Å²) in [5.41, 5.74) is 1.19. The third kappa shape index (κ3) is 4.56. The molecule has 0 fully saturated rings. The maximum absolute atomic E-state index is 12.2. The van der Waals surface area contributed by atoms with Crippen LogP contribution in [0.15, 0.2) is 28.1 Å². The molecule has 0 saturated carbocycles. The van der Waals surface area contributed by atoms with Crippen molar-refractivity contribution in [1.82, 2.24) is 10.3 Å². The van der Waals surface area contributed by atoms with Crippen LogP contribution in [0.5, 0.6) is 0 Å². The molecule has 1 N–H and O–H groups in total. The molecule has 0 radical (unpaired) electrons. The molecule has 1 aromatic carbocycles. The molecule has 11 nitrogen and oxygen atoms in total. The number of methoxy groups -OCH3 is 1. The molecule has 3 rings (SSSR count). The van der Waals surface area contributed by atoms with Gasteiger partial charge in [0.2, 0.25) is 13.5 Å². The van der Waals surface area contributed by atoms with Gasteiger partial charge in [-0.2, -0.15) is 0 Å². The van der Waals surface area contributed by atoms with Crippen LogP contribution in [0.2, 0.25) is 0 Å². The number of nitrogens with zero attached hydrogens (tertiary/aromatic N) is 3. The molecule has 0 bridgehead atoms. The Balaban J connectivity index is 1.66. The number of nitro benzene ring substituents is 1. The van der Waals surface area contributed by atoms with E-state index in [1.807, 2.05) is 0 Å². The van der Waals surface area contributed by atoms with Crippen molar-refractivity contribution in [1.29, 1.82) is 0 Å². The van der Waals surface area contributed by atoms with Gasteiger partial charge in [-0.1, -0.05) is 0 Å². The number of carbonyl (C=O) groups excluding carboxylic acids is 1. The maximum atomic E-state index is 12.2. The number of nitrogens with one attached hydrogen (secondary N) is 1. The highest BCUT2D eigenvalue weighted by Crippen LogP contribution is 2.39. The summed E-state index contributed by atoms with van der Waals surface area (Å²) in [6.07, 6.45) is 2.33. The van der Waals surface area contributed by atoms with E-state index in [9.17, 15) is 19.5 Å². The summed E-state index contributed by atoms with van der Waals surface area (Å²) in [5.74, 6) is -0.226. The number of rotatable bonds is 7. The predicted molar refractivity (Wildman–Crippen MR) is 104 cm³/mol. The molecule has 1 aliphatic heterocycles. The molecular formula is C17H21N4O7P. The van der Waals surface area contributed by atoms with Crippen LogP contribution in [0.25, 0.3) is 11.0 Å². The van der Waals surface area contributed by atoms with E-state index in [0.717, 1.165) is 0 Å². The number of carbonyl (C=O) groups is 1. The van der Waals surface area contributed by atoms with Gasteiger partial charge in [0, 0.05) is 18.8 Å². The molecule has 2 atom stereocenters. The summed E-state index contributed by atoms with van der Waals surface area (Å²) in [7, 11) is -0.890. The average molecular weight is 424 g/mol. The molecule has 2 unspecified atom stereocenters. The zero-order valence-corrected chi connectivity index (χ0v) is 17.0. The van der Waals surface area contributed by atoms with Crippen LogP contribution >= 0.6 is 8.03 Å². The minimum Gasteiger partial charge on any atom is -0.466 e. The lowest BCUT2D eigenvalue weighted by Gasteiger charge is -2.17. The van der Waals surface area contributed by atoms with E-state index in [1.165, 1.54) is 13.2 Å². The van der Waals surface area contributed by atoms with E-state index in [2.05, 4.69) is 20.3 Å². The largest absolute Gasteiger partial charge is 0.466 e. The first kappa shape index (κ1) is 20.8. The Morgan fingerprint density at radius 1 is 1.41 bits per heavy atom. The van der Waals surface area contributed by atoms with Crippen LogP contribution < -0.4 is 5.32 Å². The van der Waals surface area contributed by atoms with Crippen LogP contribution in [-0.2, 0) is 18.6 Å². The van der Waals surface area contributed by atoms with Crippen LogP contribution in [0.4, 0.5) is 11.4 Å². The third-order valence-corrected chi connectivity index (χ3v) is 6.02. The molecule has 0 amide bonds. The van der Waals surface area contributed by atoms with E-state index < -0.39 is 18.9 Å². The van der Waals surface area contributed by atoms with Crippen LogP contribution in [0.3, 0.4) is 0 Å². The van der Waals surface area contributed by atoms with Crippen molar-refractivity contribution in [2.75, 3.05) is 25.1 Å². The number of benzene rings is 1. The van der Waals surface area contributed by atoms with Gasteiger partial charge in [-0.3, -0.25) is 14.7 Å². The number of anilines is 1. The van der Waals surface area contributed by atoms with E-state index in [-0.39, 0.29) is 22.6 Å². The van der Waals surface area contributed by atoms with Crippen molar-refractivity contribution >= 4 is 36.4 Å². The Bertz CT molecular complexity index is 987. The molecule has 2 aromatic rings. The van der Waals surface area contributed by atoms with E-state index in [4.69, 9.17) is 9.26 Å². The third-order valence-electron chi connectivity index (χ3n) is 4.79. The zero-order chi connectivity index (χ0) is 21.0. The summed E-state index contributed by atoms with van der Waals surface area (Å²) in [6, 6.07) is 2.90. The summed E-state index contributed by atoms with van der Waals surface area (Å²) in [5, 5.41) is 21.6. The lowest BCUT2D eigenvalue weighted by atomic mass is 9.90. The highest BCUT2D eigenvalue weighted by Gasteiger charge is 2.29. The van der Waals surface area contributed by atoms with Gasteiger partial charge in [-0.25, -0.2) is 9.42 Å². The monoisotopic (exact) mass is 424 g/mol. The summed E-state index contributed by atoms with van der Waals surface area (Å²) in [4.78, 5) is 22.7. The van der Waals surface area contributed by atoms with E-state index in [0.29, 0.717) is 49.0 Å². The molecule has 0 aliphatic carbocycles. The average Bonchev–Trinajstić information content (AvgIpc) is 3.13. The van der Waals surface area contributed by atoms with Gasteiger partial charge < -0.3 is 14.6 Å². The lowest BCUT2D eigenvalue weighted by Crippen LogP contribution is -2.17. The number of hydrogen-bond donors (Lipinski definition) is 1. The fraction of sp³-hybridized carbons (Fsp3) is 0.471. The van der Waals surface area contributed by atoms with Crippen LogP contribution in [0, 0.1) is 16.0 Å². The normalized spacial score (nSPS) is 19.5. The van der Waals surface area contributed by atoms with E-state index in [1.54, 1.807) is 13.0 Å². The van der Waals surface area contributed by atoms with Gasteiger partial charge in [-0.05, 0) is 48.5 Å². The Morgan fingerprint density at radius 2 is 2.17 bits per heavy atom. The predicted octanol–water partition coefficient (Wildman–Crippen LogP) is 3.28. The van der Waals surface area contributed by atoms with Gasteiger partial charge >= 0.3 is 11.7 Å². The fourth-order valence-electron chi connectivity index (χ4n) is 3.42. The fourth-order valence-corrected chi connectivity index (χ4v) is 4.56. The van der Waals surface area contributed by atoms with Crippen molar-refractivity contribution in [2.45, 2.75) is 26.2 Å². The molecule has 2 heterocycles. The van der Waals surface area contributed by atoms with Crippen molar-refractivity contribution in [3.8, 4) is 0 Å². The first-order valence-corrected chi connectivity index (χ1v) is 10.6. The maximum Gasteiger partial charge on any atom is 0.337 e. The van der Waals surface area contributed by atoms with Crippen molar-refractivity contribution < 1.29 is 28.2 Å². The smallest absolute Gasteiger partial charge is 0.337 e. The van der Waals surface area contributed by atoms with Crippen molar-refractivity contribution in [3.63, 3.8) is 0 Å². The quantitative estimate of drug-likeness (QED) is 0.231. The minimum absolute atomic E-state index is 0.0811. The number of hydrogen-bond acceptors (Lipinski definition) is 10.